The number of rotatable bonds is 6. The van der Waals surface area contributed by atoms with Crippen LogP contribution < -0.4 is 20.1 Å². The van der Waals surface area contributed by atoms with Crippen LogP contribution in [0.5, 0.6) is 11.5 Å². The molecule has 0 spiro atoms. The first-order valence-electron chi connectivity index (χ1n) is 9.58. The van der Waals surface area contributed by atoms with Gasteiger partial charge < -0.3 is 24.8 Å². The highest BCUT2D eigenvalue weighted by molar-refractivity contribution is 7.89. The van der Waals surface area contributed by atoms with Crippen LogP contribution in [-0.4, -0.2) is 57.8 Å². The number of nitrogens with zero attached hydrogens (tertiary/aromatic N) is 1. The molecule has 1 amide bonds. The van der Waals surface area contributed by atoms with Crippen LogP contribution in [0.15, 0.2) is 47.4 Å². The molecule has 2 N–H and O–H groups in total. The topological polar surface area (TPSA) is 106 Å². The summed E-state index contributed by atoms with van der Waals surface area (Å²) in [6.45, 7) is 3.27. The minimum absolute atomic E-state index is 0.138. The number of amides is 1. The molecule has 2 heterocycles. The van der Waals surface area contributed by atoms with Crippen LogP contribution in [-0.2, 0) is 19.6 Å². The second kappa shape index (κ2) is 8.50. The SMILES string of the molecule is CC(Nc1ccc2c(c1)OCO2)C(=O)Nc1cccc(S(=O)(=O)N2CCOCC2)c1. The maximum atomic E-state index is 12.8. The first-order chi connectivity index (χ1) is 14.4. The van der Waals surface area contributed by atoms with Crippen LogP contribution in [0.25, 0.3) is 0 Å². The Hall–Kier alpha value is -2.82. The number of nitrogens with one attached hydrogen (secondary N) is 2. The highest BCUT2D eigenvalue weighted by Crippen LogP contribution is 2.34. The van der Waals surface area contributed by atoms with Crippen molar-refractivity contribution in [2.24, 2.45) is 0 Å². The summed E-state index contributed by atoms with van der Waals surface area (Å²) in [6.07, 6.45) is 0. The first-order valence-corrected chi connectivity index (χ1v) is 11.0. The number of sulfonamides is 1. The van der Waals surface area contributed by atoms with Gasteiger partial charge in [0.2, 0.25) is 22.7 Å². The van der Waals surface area contributed by atoms with E-state index in [1.165, 1.54) is 16.4 Å². The lowest BCUT2D eigenvalue weighted by molar-refractivity contribution is -0.116. The second-order valence-corrected chi connectivity index (χ2v) is 8.91. The van der Waals surface area contributed by atoms with Crippen LogP contribution in [0.3, 0.4) is 0 Å². The quantitative estimate of drug-likeness (QED) is 0.716. The number of hydrogen-bond donors (Lipinski definition) is 2. The Balaban J connectivity index is 1.42. The van der Waals surface area contributed by atoms with Crippen LogP contribution in [0.2, 0.25) is 0 Å². The fraction of sp³-hybridized carbons (Fsp3) is 0.350. The minimum Gasteiger partial charge on any atom is -0.454 e. The molecular formula is C20H23N3O6S. The molecule has 2 aromatic rings. The third-order valence-electron chi connectivity index (χ3n) is 4.86. The van der Waals surface area contributed by atoms with Crippen molar-refractivity contribution in [2.75, 3.05) is 43.7 Å². The van der Waals surface area contributed by atoms with Crippen molar-refractivity contribution in [3.05, 3.63) is 42.5 Å². The van der Waals surface area contributed by atoms with Crippen molar-refractivity contribution in [1.82, 2.24) is 4.31 Å². The van der Waals surface area contributed by atoms with Crippen molar-refractivity contribution in [3.8, 4) is 11.5 Å². The molecule has 1 unspecified atom stereocenters. The molecule has 2 aliphatic rings. The molecule has 2 aromatic carbocycles. The Morgan fingerprint density at radius 1 is 1.03 bits per heavy atom. The van der Waals surface area contributed by atoms with E-state index in [2.05, 4.69) is 10.6 Å². The summed E-state index contributed by atoms with van der Waals surface area (Å²) in [7, 11) is -3.63. The highest BCUT2D eigenvalue weighted by atomic mass is 32.2. The summed E-state index contributed by atoms with van der Waals surface area (Å²) < 4.78 is 42.9. The van der Waals surface area contributed by atoms with Crippen molar-refractivity contribution in [2.45, 2.75) is 17.9 Å². The van der Waals surface area contributed by atoms with Crippen LogP contribution in [0.4, 0.5) is 11.4 Å². The van der Waals surface area contributed by atoms with Crippen LogP contribution >= 0.6 is 0 Å². The average molecular weight is 433 g/mol. The zero-order valence-electron chi connectivity index (χ0n) is 16.5. The van der Waals surface area contributed by atoms with E-state index in [4.69, 9.17) is 14.2 Å². The Labute approximate surface area is 175 Å². The molecule has 0 radical (unpaired) electrons. The number of carbonyl (C=O) groups excluding carboxylic acids is 1. The predicted molar refractivity (Wildman–Crippen MR) is 110 cm³/mol. The molecule has 9 nitrogen and oxygen atoms in total. The van der Waals surface area contributed by atoms with Gasteiger partial charge in [-0.05, 0) is 37.3 Å². The van der Waals surface area contributed by atoms with Crippen molar-refractivity contribution in [3.63, 3.8) is 0 Å². The predicted octanol–water partition coefficient (Wildman–Crippen LogP) is 1.88. The van der Waals surface area contributed by atoms with Crippen LogP contribution in [0.1, 0.15) is 6.92 Å². The van der Waals surface area contributed by atoms with Gasteiger partial charge in [-0.1, -0.05) is 6.07 Å². The Morgan fingerprint density at radius 3 is 2.60 bits per heavy atom. The van der Waals surface area contributed by atoms with Gasteiger partial charge in [-0.2, -0.15) is 4.31 Å². The molecule has 0 saturated carbocycles. The number of anilines is 2. The van der Waals surface area contributed by atoms with Gasteiger partial charge in [0.05, 0.1) is 18.1 Å². The van der Waals surface area contributed by atoms with E-state index in [1.807, 2.05) is 0 Å². The third kappa shape index (κ3) is 4.35. The summed E-state index contributed by atoms with van der Waals surface area (Å²) in [5.74, 6) is 0.984. The fourth-order valence-corrected chi connectivity index (χ4v) is 4.68. The second-order valence-electron chi connectivity index (χ2n) is 6.97. The Morgan fingerprint density at radius 2 is 1.80 bits per heavy atom. The number of carbonyl (C=O) groups is 1. The lowest BCUT2D eigenvalue weighted by Gasteiger charge is -2.26. The van der Waals surface area contributed by atoms with Crippen molar-refractivity contribution >= 4 is 27.3 Å². The summed E-state index contributed by atoms with van der Waals surface area (Å²) in [4.78, 5) is 12.7. The summed E-state index contributed by atoms with van der Waals surface area (Å²) >= 11 is 0. The molecule has 0 bridgehead atoms. The third-order valence-corrected chi connectivity index (χ3v) is 6.75. The molecule has 160 valence electrons. The lowest BCUT2D eigenvalue weighted by atomic mass is 10.2. The summed E-state index contributed by atoms with van der Waals surface area (Å²) in [6, 6.07) is 11.0. The molecule has 1 atom stereocenters. The van der Waals surface area contributed by atoms with Gasteiger partial charge in [0.15, 0.2) is 11.5 Å². The largest absolute Gasteiger partial charge is 0.454 e. The number of morpholine rings is 1. The molecule has 30 heavy (non-hydrogen) atoms. The van der Waals surface area contributed by atoms with Gasteiger partial charge in [0.1, 0.15) is 6.04 Å². The van der Waals surface area contributed by atoms with Gasteiger partial charge >= 0.3 is 0 Å². The average Bonchev–Trinajstić information content (AvgIpc) is 3.22. The lowest BCUT2D eigenvalue weighted by Crippen LogP contribution is -2.40. The van der Waals surface area contributed by atoms with E-state index >= 15 is 0 Å². The van der Waals surface area contributed by atoms with E-state index in [0.717, 1.165) is 0 Å². The molecule has 2 aliphatic heterocycles. The van der Waals surface area contributed by atoms with Gasteiger partial charge in [-0.15, -0.1) is 0 Å². The standard InChI is InChI=1S/C20H23N3O6S/c1-14(21-16-5-6-18-19(12-16)29-13-28-18)20(24)22-15-3-2-4-17(11-15)30(25,26)23-7-9-27-10-8-23/h2-6,11-12,14,21H,7-10,13H2,1H3,(H,22,24). The fourth-order valence-electron chi connectivity index (χ4n) is 3.22. The normalized spacial score (nSPS) is 17.4. The maximum absolute atomic E-state index is 12.8. The van der Waals surface area contributed by atoms with E-state index in [9.17, 15) is 13.2 Å². The number of fused-ring (bicyclic) bond motifs is 1. The number of hydrogen-bond acceptors (Lipinski definition) is 7. The molecule has 4 rings (SSSR count). The number of ether oxygens (including phenoxy) is 3. The monoisotopic (exact) mass is 433 g/mol. The minimum atomic E-state index is -3.63. The van der Waals surface area contributed by atoms with E-state index in [0.29, 0.717) is 49.2 Å². The first kappa shape index (κ1) is 20.5. The van der Waals surface area contributed by atoms with Gasteiger partial charge in [0, 0.05) is 30.5 Å². The Kier molecular flexibility index (Phi) is 5.80. The highest BCUT2D eigenvalue weighted by Gasteiger charge is 2.26. The van der Waals surface area contributed by atoms with Crippen LogP contribution in [0, 0.1) is 0 Å². The summed E-state index contributed by atoms with van der Waals surface area (Å²) in [5, 5.41) is 5.86. The van der Waals surface area contributed by atoms with E-state index in [1.54, 1.807) is 37.3 Å². The molecule has 1 fully saturated rings. The van der Waals surface area contributed by atoms with E-state index < -0.39 is 16.1 Å². The molecule has 0 aromatic heterocycles. The molecular weight excluding hydrogens is 410 g/mol. The zero-order chi connectivity index (χ0) is 21.1. The molecule has 1 saturated heterocycles. The van der Waals surface area contributed by atoms with Gasteiger partial charge in [0.25, 0.3) is 0 Å². The van der Waals surface area contributed by atoms with Crippen molar-refractivity contribution in [1.29, 1.82) is 0 Å². The number of benzene rings is 2. The zero-order valence-corrected chi connectivity index (χ0v) is 17.3. The van der Waals surface area contributed by atoms with Gasteiger partial charge in [-0.25, -0.2) is 8.42 Å². The smallest absolute Gasteiger partial charge is 0.246 e. The Bertz CT molecular complexity index is 1040. The maximum Gasteiger partial charge on any atom is 0.246 e. The molecule has 0 aliphatic carbocycles. The van der Waals surface area contributed by atoms with Gasteiger partial charge in [-0.3, -0.25) is 4.79 Å². The van der Waals surface area contributed by atoms with Crippen molar-refractivity contribution < 1.29 is 27.4 Å². The van der Waals surface area contributed by atoms with E-state index in [-0.39, 0.29) is 17.6 Å². The summed E-state index contributed by atoms with van der Waals surface area (Å²) in [5.41, 5.74) is 1.12. The molecule has 10 heteroatoms.